The monoisotopic (exact) mass is 386 g/mol. The van der Waals surface area contributed by atoms with E-state index in [2.05, 4.69) is 12.1 Å². The van der Waals surface area contributed by atoms with Gasteiger partial charge in [-0.05, 0) is 66.0 Å². The minimum atomic E-state index is -0.518. The molecule has 2 aromatic rings. The van der Waals surface area contributed by atoms with Crippen molar-refractivity contribution in [2.75, 3.05) is 0 Å². The maximum Gasteiger partial charge on any atom is 0.496 e. The minimum Gasteiger partial charge on any atom is -0.457 e. The van der Waals surface area contributed by atoms with Gasteiger partial charge in [0.05, 0.1) is 11.2 Å². The lowest BCUT2D eigenvalue weighted by atomic mass is 9.77. The smallest absolute Gasteiger partial charge is 0.457 e. The molecule has 0 bridgehead atoms. The van der Waals surface area contributed by atoms with E-state index in [-0.39, 0.29) is 5.97 Å². The SMILES string of the molecule is CC(C)(C)OC(=O)/C=C/c1sc2ccccc2c1B1OC(C)(C)C(C)(C)O1. The molecule has 27 heavy (non-hydrogen) atoms. The number of thiophene rings is 1. The largest absolute Gasteiger partial charge is 0.496 e. The van der Waals surface area contributed by atoms with Crippen LogP contribution in [0.5, 0.6) is 0 Å². The molecule has 144 valence electrons. The Morgan fingerprint density at radius 1 is 1.11 bits per heavy atom. The molecule has 0 N–H and O–H groups in total. The first-order valence-corrected chi connectivity index (χ1v) is 9.99. The minimum absolute atomic E-state index is 0.361. The van der Waals surface area contributed by atoms with Crippen molar-refractivity contribution < 1.29 is 18.8 Å². The first-order valence-electron chi connectivity index (χ1n) is 9.18. The van der Waals surface area contributed by atoms with E-state index in [1.807, 2.05) is 60.6 Å². The van der Waals surface area contributed by atoms with Gasteiger partial charge in [-0.3, -0.25) is 0 Å². The Hall–Kier alpha value is -1.63. The van der Waals surface area contributed by atoms with Gasteiger partial charge in [-0.1, -0.05) is 18.2 Å². The molecule has 1 aliphatic rings. The number of ether oxygens (including phenoxy) is 1. The van der Waals surface area contributed by atoms with Gasteiger partial charge < -0.3 is 14.0 Å². The molecule has 0 saturated carbocycles. The Kier molecular flexibility index (Phi) is 5.04. The Balaban J connectivity index is 2.00. The highest BCUT2D eigenvalue weighted by molar-refractivity contribution is 7.21. The molecule has 1 aliphatic heterocycles. The summed E-state index contributed by atoms with van der Waals surface area (Å²) in [5, 5.41) is 1.09. The molecular formula is C21H27BO4S. The highest BCUT2D eigenvalue weighted by Gasteiger charge is 2.52. The van der Waals surface area contributed by atoms with Crippen molar-refractivity contribution in [3.63, 3.8) is 0 Å². The van der Waals surface area contributed by atoms with Crippen molar-refractivity contribution in [1.29, 1.82) is 0 Å². The molecule has 0 spiro atoms. The topological polar surface area (TPSA) is 44.8 Å². The van der Waals surface area contributed by atoms with E-state index in [1.165, 1.54) is 6.08 Å². The normalized spacial score (nSPS) is 19.1. The molecule has 1 saturated heterocycles. The first-order chi connectivity index (χ1) is 12.4. The number of rotatable bonds is 3. The van der Waals surface area contributed by atoms with Crippen LogP contribution in [-0.4, -0.2) is 29.9 Å². The molecule has 3 rings (SSSR count). The zero-order valence-electron chi connectivity index (χ0n) is 17.1. The van der Waals surface area contributed by atoms with Gasteiger partial charge >= 0.3 is 13.1 Å². The van der Waals surface area contributed by atoms with Crippen molar-refractivity contribution in [2.45, 2.75) is 65.3 Å². The van der Waals surface area contributed by atoms with E-state index < -0.39 is 23.9 Å². The summed E-state index contributed by atoms with van der Waals surface area (Å²) < 4.78 is 19.1. The van der Waals surface area contributed by atoms with E-state index in [4.69, 9.17) is 14.0 Å². The van der Waals surface area contributed by atoms with Gasteiger partial charge in [-0.25, -0.2) is 4.79 Å². The van der Waals surface area contributed by atoms with E-state index >= 15 is 0 Å². The van der Waals surface area contributed by atoms with Crippen molar-refractivity contribution in [1.82, 2.24) is 0 Å². The summed E-state index contributed by atoms with van der Waals surface area (Å²) in [6, 6.07) is 8.15. The number of benzene rings is 1. The van der Waals surface area contributed by atoms with Crippen molar-refractivity contribution >= 4 is 46.0 Å². The van der Waals surface area contributed by atoms with Crippen molar-refractivity contribution in [3.05, 3.63) is 35.2 Å². The fourth-order valence-corrected chi connectivity index (χ4v) is 4.02. The van der Waals surface area contributed by atoms with Crippen LogP contribution in [0.2, 0.25) is 0 Å². The van der Waals surface area contributed by atoms with Gasteiger partial charge in [0.25, 0.3) is 0 Å². The summed E-state index contributed by atoms with van der Waals surface area (Å²) in [6.07, 6.45) is 3.28. The van der Waals surface area contributed by atoms with Crippen molar-refractivity contribution in [3.8, 4) is 0 Å². The van der Waals surface area contributed by atoms with Gasteiger partial charge in [0.1, 0.15) is 5.60 Å². The fraction of sp³-hybridized carbons (Fsp3) is 0.476. The lowest BCUT2D eigenvalue weighted by molar-refractivity contribution is -0.148. The van der Waals surface area contributed by atoms with Crippen LogP contribution in [-0.2, 0) is 18.8 Å². The number of esters is 1. The second-order valence-corrected chi connectivity index (χ2v) is 9.91. The molecule has 0 amide bonds. The molecule has 1 aromatic heterocycles. The van der Waals surface area contributed by atoms with Crippen LogP contribution >= 0.6 is 11.3 Å². The lowest BCUT2D eigenvalue weighted by Crippen LogP contribution is -2.41. The zero-order valence-corrected chi connectivity index (χ0v) is 17.9. The Morgan fingerprint density at radius 3 is 2.30 bits per heavy atom. The molecule has 0 radical (unpaired) electrons. The third-order valence-corrected chi connectivity index (χ3v) is 6.08. The summed E-state index contributed by atoms with van der Waals surface area (Å²) >= 11 is 1.62. The van der Waals surface area contributed by atoms with Gasteiger partial charge in [0.15, 0.2) is 0 Å². The third-order valence-electron chi connectivity index (χ3n) is 4.93. The lowest BCUT2D eigenvalue weighted by Gasteiger charge is -2.32. The second-order valence-electron chi connectivity index (χ2n) is 8.83. The number of hydrogen-bond donors (Lipinski definition) is 0. The van der Waals surface area contributed by atoms with Gasteiger partial charge in [-0.15, -0.1) is 11.3 Å². The van der Waals surface area contributed by atoms with Gasteiger partial charge in [0, 0.05) is 21.1 Å². The van der Waals surface area contributed by atoms with Crippen LogP contribution in [0.15, 0.2) is 30.3 Å². The molecule has 0 aliphatic carbocycles. The van der Waals surface area contributed by atoms with Crippen molar-refractivity contribution in [2.24, 2.45) is 0 Å². The molecule has 0 unspecified atom stereocenters. The van der Waals surface area contributed by atoms with E-state index in [0.717, 1.165) is 20.4 Å². The zero-order chi connectivity index (χ0) is 20.0. The van der Waals surface area contributed by atoms with Gasteiger partial charge in [-0.2, -0.15) is 0 Å². The van der Waals surface area contributed by atoms with Crippen LogP contribution in [0.3, 0.4) is 0 Å². The molecule has 6 heteroatoms. The van der Waals surface area contributed by atoms with Crippen LogP contribution < -0.4 is 5.46 Å². The highest BCUT2D eigenvalue weighted by Crippen LogP contribution is 2.38. The molecule has 1 fully saturated rings. The number of carbonyl (C=O) groups excluding carboxylic acids is 1. The molecule has 4 nitrogen and oxygen atoms in total. The van der Waals surface area contributed by atoms with E-state index in [9.17, 15) is 4.79 Å². The maximum absolute atomic E-state index is 12.1. The molecular weight excluding hydrogens is 359 g/mol. The Labute approximate surface area is 165 Å². The van der Waals surface area contributed by atoms with Gasteiger partial charge in [0.2, 0.25) is 0 Å². The highest BCUT2D eigenvalue weighted by atomic mass is 32.1. The Bertz CT molecular complexity index is 873. The van der Waals surface area contributed by atoms with Crippen LogP contribution in [0.25, 0.3) is 16.2 Å². The second kappa shape index (κ2) is 6.76. The standard InChI is InChI=1S/C21H27BO4S/c1-19(2,3)24-17(23)13-12-16-18(14-10-8-9-11-15(14)27-16)22-25-20(4,5)21(6,7)26-22/h8-13H,1-7H3/b13-12+. The average molecular weight is 386 g/mol. The summed E-state index contributed by atoms with van der Waals surface area (Å²) in [4.78, 5) is 13.1. The molecule has 1 aromatic carbocycles. The first kappa shape index (κ1) is 20.1. The Morgan fingerprint density at radius 2 is 1.70 bits per heavy atom. The van der Waals surface area contributed by atoms with Crippen LogP contribution in [0.1, 0.15) is 53.3 Å². The van der Waals surface area contributed by atoms with Crippen LogP contribution in [0, 0.1) is 0 Å². The summed E-state index contributed by atoms with van der Waals surface area (Å²) in [6.45, 7) is 13.7. The predicted octanol–water partition coefficient (Wildman–Crippen LogP) is 4.56. The number of carbonyl (C=O) groups is 1. The van der Waals surface area contributed by atoms with E-state index in [1.54, 1.807) is 17.4 Å². The average Bonchev–Trinajstić information content (AvgIpc) is 2.97. The number of hydrogen-bond acceptors (Lipinski definition) is 5. The molecule has 0 atom stereocenters. The maximum atomic E-state index is 12.1. The third kappa shape index (κ3) is 4.13. The summed E-state index contributed by atoms with van der Waals surface area (Å²) in [5.74, 6) is -0.361. The number of fused-ring (bicyclic) bond motifs is 1. The van der Waals surface area contributed by atoms with Crippen LogP contribution in [0.4, 0.5) is 0 Å². The quantitative estimate of drug-likeness (QED) is 0.441. The summed E-state index contributed by atoms with van der Waals surface area (Å²) in [5.41, 5.74) is -0.399. The molecule has 2 heterocycles. The summed E-state index contributed by atoms with van der Waals surface area (Å²) in [7, 11) is -0.482. The fourth-order valence-electron chi connectivity index (χ4n) is 2.89. The van der Waals surface area contributed by atoms with E-state index in [0.29, 0.717) is 0 Å². The predicted molar refractivity (Wildman–Crippen MR) is 112 cm³/mol.